The summed E-state index contributed by atoms with van der Waals surface area (Å²) in [6, 6.07) is -4.83. The molecule has 0 aromatic carbocycles. The largest absolute Gasteiger partial charge is 0.394 e. The Morgan fingerprint density at radius 2 is 1.04 bits per heavy atom. The van der Waals surface area contributed by atoms with E-state index in [1.165, 1.54) is 71.6 Å². The number of ketones is 4. The van der Waals surface area contributed by atoms with Gasteiger partial charge in [-0.1, -0.05) is 139 Å². The zero-order valence-corrected chi connectivity index (χ0v) is 51.7. The second-order valence-corrected chi connectivity index (χ2v) is 24.0. The lowest BCUT2D eigenvalue weighted by Crippen LogP contribution is -2.51. The number of hydrogen-bond acceptors (Lipinski definition) is 13. The van der Waals surface area contributed by atoms with E-state index in [0.717, 1.165) is 25.7 Å². The van der Waals surface area contributed by atoms with Crippen LogP contribution in [0, 0.1) is 35.5 Å². The topological polar surface area (TPSA) is 345 Å². The monoisotopic (exact) mass is 1150 g/mol. The Balaban J connectivity index is 5.80. The summed E-state index contributed by atoms with van der Waals surface area (Å²) in [5.41, 5.74) is 16.7. The molecule has 0 aliphatic carbocycles. The lowest BCUT2D eigenvalue weighted by Gasteiger charge is -2.27. The number of amides is 5. The summed E-state index contributed by atoms with van der Waals surface area (Å²) in [4.78, 5) is 126. The SMILES string of the molecule is CCCCCCCCCCCCCCCC(=O)N[C@@H](CO)C(=O)CCC(=O)N[C@@H](CCCN=C(N)N)C(=O)C[C@H](C(=O)N[C@@H](CC(C)C)C(=O)C[C@@H](C)C(=O)N[C@H](C(=O)C[C@@H](CCCCN)C(=O)N[C@H](C)CC(C)C)[C@@H](C)O)C(C)C. The highest BCUT2D eigenvalue weighted by molar-refractivity contribution is 5.97. The first-order valence-corrected chi connectivity index (χ1v) is 30.9. The van der Waals surface area contributed by atoms with E-state index in [9.17, 15) is 53.4 Å². The molecule has 20 nitrogen and oxygen atoms in total. The van der Waals surface area contributed by atoms with Crippen LogP contribution in [0.25, 0.3) is 0 Å². The van der Waals surface area contributed by atoms with E-state index in [4.69, 9.17) is 17.2 Å². The van der Waals surface area contributed by atoms with Gasteiger partial charge in [0.15, 0.2) is 29.1 Å². The van der Waals surface area contributed by atoms with Gasteiger partial charge >= 0.3 is 0 Å². The molecule has 0 saturated carbocycles. The van der Waals surface area contributed by atoms with Crippen molar-refractivity contribution in [3.63, 3.8) is 0 Å². The maximum absolute atomic E-state index is 14.1. The van der Waals surface area contributed by atoms with E-state index >= 15 is 0 Å². The number of guanidine groups is 1. The zero-order chi connectivity index (χ0) is 61.5. The summed E-state index contributed by atoms with van der Waals surface area (Å²) in [7, 11) is 0. The van der Waals surface area contributed by atoms with E-state index < -0.39 is 101 Å². The number of aliphatic hydroxyl groups excluding tert-OH is 2. The van der Waals surface area contributed by atoms with Crippen molar-refractivity contribution in [3.8, 4) is 0 Å². The number of carbonyl (C=O) groups is 9. The normalized spacial score (nSPS) is 14.9. The fraction of sp³-hybridized carbons (Fsp3) is 0.836. The van der Waals surface area contributed by atoms with Crippen molar-refractivity contribution in [2.45, 2.75) is 272 Å². The number of nitrogens with two attached hydrogens (primary N) is 3. The van der Waals surface area contributed by atoms with E-state index in [2.05, 4.69) is 38.5 Å². The molecule has 0 fully saturated rings. The first-order chi connectivity index (χ1) is 38.3. The molecule has 468 valence electrons. The second-order valence-electron chi connectivity index (χ2n) is 24.0. The number of aliphatic hydroxyl groups is 2. The molecule has 5 amide bonds. The predicted molar refractivity (Wildman–Crippen MR) is 320 cm³/mol. The number of Topliss-reactive ketones (excluding diaryl/α,β-unsaturated/α-hetero) is 4. The van der Waals surface area contributed by atoms with Gasteiger partial charge < -0.3 is 54.0 Å². The number of nitrogens with zero attached hydrogens (tertiary/aromatic N) is 1. The Morgan fingerprint density at radius 1 is 0.494 bits per heavy atom. The van der Waals surface area contributed by atoms with Gasteiger partial charge in [0.05, 0.1) is 24.8 Å². The number of hydrogen-bond donors (Lipinski definition) is 10. The highest BCUT2D eigenvalue weighted by atomic mass is 16.3. The molecule has 0 rings (SSSR count). The van der Waals surface area contributed by atoms with Crippen molar-refractivity contribution in [2.75, 3.05) is 19.7 Å². The van der Waals surface area contributed by atoms with E-state index in [1.54, 1.807) is 13.8 Å². The maximum Gasteiger partial charge on any atom is 0.224 e. The molecule has 20 heteroatoms. The molecule has 0 unspecified atom stereocenters. The van der Waals surface area contributed by atoms with Crippen LogP contribution in [0.1, 0.15) is 236 Å². The third-order valence-corrected chi connectivity index (χ3v) is 14.8. The van der Waals surface area contributed by atoms with Crippen LogP contribution < -0.4 is 43.8 Å². The second kappa shape index (κ2) is 44.7. The molecular weight excluding hydrogens is 1030 g/mol. The fourth-order valence-corrected chi connectivity index (χ4v) is 9.96. The Bertz CT molecular complexity index is 1890. The van der Waals surface area contributed by atoms with Gasteiger partial charge in [0, 0.05) is 68.9 Å². The van der Waals surface area contributed by atoms with Gasteiger partial charge in [-0.15, -0.1) is 0 Å². The molecule has 0 saturated heterocycles. The molecule has 0 aliphatic heterocycles. The Kier molecular flexibility index (Phi) is 42.1. The minimum absolute atomic E-state index is 0.0855. The van der Waals surface area contributed by atoms with Crippen LogP contribution in [0.2, 0.25) is 0 Å². The molecule has 13 N–H and O–H groups in total. The van der Waals surface area contributed by atoms with Gasteiger partial charge in [0.1, 0.15) is 12.1 Å². The Morgan fingerprint density at radius 3 is 1.56 bits per heavy atom. The van der Waals surface area contributed by atoms with Gasteiger partial charge in [-0.2, -0.15) is 0 Å². The molecule has 9 atom stereocenters. The minimum atomic E-state index is -1.35. The third-order valence-electron chi connectivity index (χ3n) is 14.8. The number of carbonyl (C=O) groups excluding carboxylic acids is 9. The Labute approximate surface area is 486 Å². The summed E-state index contributed by atoms with van der Waals surface area (Å²) in [6.45, 7) is 18.2. The molecule has 0 radical (unpaired) electrons. The van der Waals surface area contributed by atoms with Crippen molar-refractivity contribution in [2.24, 2.45) is 57.7 Å². The van der Waals surface area contributed by atoms with Crippen LogP contribution in [0.5, 0.6) is 0 Å². The standard InChI is InChI=1S/C61H113N9O11/c1-11-12-13-14-15-16-17-18-19-20-21-22-23-29-55(77)68-50(39-71)51(73)30-31-56(78)67-48(28-26-33-65-61(63)64)53(75)38-47(42(6)7)60(81)69-49(35-41(4)5)52(74)36-43(8)58(79)70-57(45(10)72)54(76)37-46(27-24-25-32-62)59(80)66-44(9)34-40(2)3/h40-50,57,71-72H,11-39,62H2,1-10H3,(H,66,80)(H,67,78)(H,68,77)(H,69,81)(H,70,79)(H4,63,64,65)/t43-,44-,45-,46-,47+,48+,49+,50+,57+/m1/s1. The maximum atomic E-state index is 14.1. The average molecular weight is 1150 g/mol. The third kappa shape index (κ3) is 36.4. The van der Waals surface area contributed by atoms with Crippen LogP contribution in [-0.2, 0) is 43.2 Å². The van der Waals surface area contributed by atoms with Gasteiger partial charge in [-0.25, -0.2) is 0 Å². The van der Waals surface area contributed by atoms with Gasteiger partial charge in [0.25, 0.3) is 0 Å². The lowest BCUT2D eigenvalue weighted by atomic mass is 9.86. The molecule has 0 aliphatic rings. The zero-order valence-electron chi connectivity index (χ0n) is 51.7. The van der Waals surface area contributed by atoms with Crippen LogP contribution in [-0.4, -0.2) is 125 Å². The van der Waals surface area contributed by atoms with Gasteiger partial charge in [-0.05, 0) is 83.1 Å². The fourth-order valence-electron chi connectivity index (χ4n) is 9.96. The van der Waals surface area contributed by atoms with Crippen molar-refractivity contribution in [1.29, 1.82) is 0 Å². The number of aliphatic imine (C=N–C) groups is 1. The van der Waals surface area contributed by atoms with Crippen molar-refractivity contribution in [3.05, 3.63) is 0 Å². The number of nitrogens with one attached hydrogen (secondary N) is 5. The molecule has 0 spiro atoms. The molecule has 0 aromatic heterocycles. The number of unbranched alkanes of at least 4 members (excludes halogenated alkanes) is 13. The number of rotatable bonds is 50. The van der Waals surface area contributed by atoms with Crippen LogP contribution in [0.15, 0.2) is 4.99 Å². The molecule has 0 bridgehead atoms. The van der Waals surface area contributed by atoms with Gasteiger partial charge in [0.2, 0.25) is 29.5 Å². The first kappa shape index (κ1) is 76.2. The lowest BCUT2D eigenvalue weighted by molar-refractivity contribution is -0.137. The molecule has 0 aromatic rings. The Hall–Kier alpha value is -4.82. The quantitative estimate of drug-likeness (QED) is 0.0181. The summed E-state index contributed by atoms with van der Waals surface area (Å²) in [6.07, 6.45) is 15.5. The van der Waals surface area contributed by atoms with Crippen LogP contribution >= 0.6 is 0 Å². The predicted octanol–water partition coefficient (Wildman–Crippen LogP) is 6.31. The molecular formula is C61H113N9O11. The van der Waals surface area contributed by atoms with E-state index in [1.807, 2.05) is 34.6 Å². The molecule has 81 heavy (non-hydrogen) atoms. The smallest absolute Gasteiger partial charge is 0.224 e. The summed E-state index contributed by atoms with van der Waals surface area (Å²) >= 11 is 0. The highest BCUT2D eigenvalue weighted by Gasteiger charge is 2.35. The van der Waals surface area contributed by atoms with Crippen molar-refractivity contribution < 1.29 is 53.4 Å². The first-order valence-electron chi connectivity index (χ1n) is 30.9. The van der Waals surface area contributed by atoms with Crippen molar-refractivity contribution in [1.82, 2.24) is 26.6 Å². The van der Waals surface area contributed by atoms with Crippen LogP contribution in [0.3, 0.4) is 0 Å². The van der Waals surface area contributed by atoms with Crippen molar-refractivity contribution >= 4 is 58.6 Å². The van der Waals surface area contributed by atoms with E-state index in [0.29, 0.717) is 38.1 Å². The summed E-state index contributed by atoms with van der Waals surface area (Å²) < 4.78 is 0. The summed E-state index contributed by atoms with van der Waals surface area (Å²) in [5.74, 6) is -7.53. The minimum Gasteiger partial charge on any atom is -0.394 e. The average Bonchev–Trinajstić information content (AvgIpc) is 3.39. The highest BCUT2D eigenvalue weighted by Crippen LogP contribution is 2.22. The van der Waals surface area contributed by atoms with Crippen LogP contribution in [0.4, 0.5) is 0 Å². The molecule has 0 heterocycles. The van der Waals surface area contributed by atoms with E-state index in [-0.39, 0.29) is 94.1 Å². The van der Waals surface area contributed by atoms with Gasteiger partial charge in [-0.3, -0.25) is 48.1 Å². The summed E-state index contributed by atoms with van der Waals surface area (Å²) in [5, 5.41) is 34.4.